The molecule has 0 spiro atoms. The Balaban J connectivity index is 1.02. The van der Waals surface area contributed by atoms with Crippen LogP contribution in [0.1, 0.15) is 73.4 Å². The second kappa shape index (κ2) is 32.1. The predicted molar refractivity (Wildman–Crippen MR) is 221 cm³/mol. The number of aryl methyl sites for hydroxylation is 1. The lowest BCUT2D eigenvalue weighted by Gasteiger charge is -2.13. The van der Waals surface area contributed by atoms with Crippen molar-refractivity contribution >= 4 is 17.3 Å². The molecule has 0 aliphatic heterocycles. The van der Waals surface area contributed by atoms with Gasteiger partial charge in [0.25, 0.3) is 0 Å². The van der Waals surface area contributed by atoms with Crippen molar-refractivity contribution in [3.8, 4) is 5.75 Å². The molecule has 0 amide bonds. The first-order valence-corrected chi connectivity index (χ1v) is 20.8. The molecular formula is C45H64F3NO10. The van der Waals surface area contributed by atoms with Crippen molar-refractivity contribution in [2.75, 3.05) is 111 Å². The van der Waals surface area contributed by atoms with Gasteiger partial charge in [-0.05, 0) is 60.9 Å². The smallest absolute Gasteiger partial charge is 0.416 e. The van der Waals surface area contributed by atoms with Crippen molar-refractivity contribution in [1.29, 1.82) is 0 Å². The Hall–Kier alpha value is -3.76. The molecule has 0 aliphatic carbocycles. The average Bonchev–Trinajstić information content (AvgIpc) is 3.23. The zero-order valence-electron chi connectivity index (χ0n) is 34.6. The summed E-state index contributed by atoms with van der Waals surface area (Å²) >= 11 is 0. The largest absolute Gasteiger partial charge is 0.491 e. The molecule has 0 heterocycles. The van der Waals surface area contributed by atoms with Gasteiger partial charge in [0, 0.05) is 5.69 Å². The average molecular weight is 836 g/mol. The highest BCUT2D eigenvalue weighted by molar-refractivity contribution is 5.96. The Kier molecular flexibility index (Phi) is 27.0. The summed E-state index contributed by atoms with van der Waals surface area (Å²) in [6.45, 7) is 8.62. The van der Waals surface area contributed by atoms with Crippen molar-refractivity contribution in [1.82, 2.24) is 0 Å². The maximum atomic E-state index is 13.1. The molecule has 0 aromatic heterocycles. The van der Waals surface area contributed by atoms with Gasteiger partial charge < -0.3 is 47.9 Å². The summed E-state index contributed by atoms with van der Waals surface area (Å²) in [5, 5.41) is 2.86. The van der Waals surface area contributed by atoms with Crippen molar-refractivity contribution in [2.24, 2.45) is 0 Å². The Bertz CT molecular complexity index is 1500. The van der Waals surface area contributed by atoms with Gasteiger partial charge in [0.2, 0.25) is 0 Å². The lowest BCUT2D eigenvalue weighted by atomic mass is 10.0. The molecule has 330 valence electrons. The third-order valence-corrected chi connectivity index (χ3v) is 8.80. The number of hydrogen-bond acceptors (Lipinski definition) is 11. The number of nitrogens with one attached hydrogen (secondary N) is 1. The van der Waals surface area contributed by atoms with Gasteiger partial charge in [-0.25, -0.2) is 4.79 Å². The topological polar surface area (TPSA) is 112 Å². The van der Waals surface area contributed by atoms with Crippen molar-refractivity contribution in [3.63, 3.8) is 0 Å². The Morgan fingerprint density at radius 1 is 0.542 bits per heavy atom. The molecule has 0 radical (unpaired) electrons. The van der Waals surface area contributed by atoms with Crippen LogP contribution in [0.3, 0.4) is 0 Å². The van der Waals surface area contributed by atoms with Crippen LogP contribution in [-0.4, -0.2) is 112 Å². The molecular weight excluding hydrogens is 771 g/mol. The quantitative estimate of drug-likeness (QED) is 0.0447. The summed E-state index contributed by atoms with van der Waals surface area (Å²) in [7, 11) is 0. The zero-order chi connectivity index (χ0) is 42.1. The zero-order valence-corrected chi connectivity index (χ0v) is 34.6. The number of benzene rings is 3. The Morgan fingerprint density at radius 3 is 1.58 bits per heavy atom. The fourth-order valence-electron chi connectivity index (χ4n) is 5.65. The van der Waals surface area contributed by atoms with Crippen LogP contribution in [0.5, 0.6) is 5.75 Å². The predicted octanol–water partition coefficient (Wildman–Crippen LogP) is 9.09. The normalized spacial score (nSPS) is 11.5. The molecule has 0 unspecified atom stereocenters. The maximum Gasteiger partial charge on any atom is 0.416 e. The van der Waals surface area contributed by atoms with Crippen LogP contribution >= 0.6 is 0 Å². The molecule has 0 aliphatic rings. The molecule has 0 atom stereocenters. The van der Waals surface area contributed by atoms with Crippen LogP contribution in [0.4, 0.5) is 24.5 Å². The highest BCUT2D eigenvalue weighted by Crippen LogP contribution is 2.32. The first kappa shape index (κ1) is 49.6. The third-order valence-electron chi connectivity index (χ3n) is 8.80. The van der Waals surface area contributed by atoms with Crippen molar-refractivity contribution in [3.05, 3.63) is 89.5 Å². The van der Waals surface area contributed by atoms with Gasteiger partial charge in [-0.2, -0.15) is 13.2 Å². The summed E-state index contributed by atoms with van der Waals surface area (Å²) < 4.78 is 88.8. The number of anilines is 2. The van der Waals surface area contributed by atoms with E-state index in [2.05, 4.69) is 24.4 Å². The number of halogens is 3. The lowest BCUT2D eigenvalue weighted by molar-refractivity contribution is -0.137. The number of esters is 1. The first-order valence-electron chi connectivity index (χ1n) is 20.8. The van der Waals surface area contributed by atoms with E-state index < -0.39 is 17.7 Å². The van der Waals surface area contributed by atoms with Crippen molar-refractivity contribution in [2.45, 2.75) is 64.5 Å². The van der Waals surface area contributed by atoms with E-state index in [1.165, 1.54) is 68.7 Å². The lowest BCUT2D eigenvalue weighted by Crippen LogP contribution is -2.16. The molecule has 11 nitrogen and oxygen atoms in total. The van der Waals surface area contributed by atoms with Crippen LogP contribution in [0.25, 0.3) is 0 Å². The monoisotopic (exact) mass is 835 g/mol. The van der Waals surface area contributed by atoms with E-state index in [0.29, 0.717) is 98.2 Å². The molecule has 59 heavy (non-hydrogen) atoms. The van der Waals surface area contributed by atoms with E-state index in [1.54, 1.807) is 18.2 Å². The second-order valence-corrected chi connectivity index (χ2v) is 13.5. The molecule has 0 fully saturated rings. The summed E-state index contributed by atoms with van der Waals surface area (Å²) in [6, 6.07) is 19.6. The van der Waals surface area contributed by atoms with Gasteiger partial charge in [-0.1, -0.05) is 75.8 Å². The number of carbonyl (C=O) groups is 1. The van der Waals surface area contributed by atoms with E-state index in [-0.39, 0.29) is 24.5 Å². The van der Waals surface area contributed by atoms with Gasteiger partial charge >= 0.3 is 12.1 Å². The number of alkyl halides is 3. The highest BCUT2D eigenvalue weighted by Gasteiger charge is 2.30. The van der Waals surface area contributed by atoms with Crippen LogP contribution in [-0.2, 0) is 50.5 Å². The standard InChI is InChI=1S/C45H64F3NO10/c1-2-3-4-5-6-7-8-12-38-17-19-41(20-18-38)58-35-33-56-31-29-54-27-25-52-23-21-51-22-24-53-26-28-55-30-32-57-34-36-59-44(50)42-15-9-10-16-43(42)49-40-14-11-13-39(37-40)45(46,47)48/h9-11,13-20,37,49H,2-8,12,21-36H2,1H3. The van der Waals surface area contributed by atoms with E-state index in [4.69, 9.17) is 42.6 Å². The van der Waals surface area contributed by atoms with E-state index in [1.807, 2.05) is 12.1 Å². The minimum atomic E-state index is -4.48. The first-order chi connectivity index (χ1) is 28.9. The molecule has 0 bridgehead atoms. The van der Waals surface area contributed by atoms with Gasteiger partial charge in [-0.15, -0.1) is 0 Å². The second-order valence-electron chi connectivity index (χ2n) is 13.5. The van der Waals surface area contributed by atoms with Crippen LogP contribution < -0.4 is 10.1 Å². The number of rotatable bonds is 36. The van der Waals surface area contributed by atoms with Crippen molar-refractivity contribution < 1.29 is 60.6 Å². The van der Waals surface area contributed by atoms with Crippen LogP contribution in [0.2, 0.25) is 0 Å². The van der Waals surface area contributed by atoms with E-state index in [0.717, 1.165) is 24.3 Å². The van der Waals surface area contributed by atoms with Gasteiger partial charge in [0.1, 0.15) is 19.0 Å². The molecule has 14 heteroatoms. The maximum absolute atomic E-state index is 13.1. The molecule has 1 N–H and O–H groups in total. The summed E-state index contributed by atoms with van der Waals surface area (Å²) in [5.74, 6) is 0.241. The number of hydrogen-bond donors (Lipinski definition) is 1. The van der Waals surface area contributed by atoms with E-state index >= 15 is 0 Å². The highest BCUT2D eigenvalue weighted by atomic mass is 19.4. The minimum Gasteiger partial charge on any atom is -0.491 e. The minimum absolute atomic E-state index is 0.000852. The number of unbranched alkanes of at least 4 members (excludes halogenated alkanes) is 6. The van der Waals surface area contributed by atoms with Gasteiger partial charge in [0.15, 0.2) is 0 Å². The Labute approximate surface area is 348 Å². The summed E-state index contributed by atoms with van der Waals surface area (Å²) in [5.41, 5.74) is 1.28. The van der Waals surface area contributed by atoms with Crippen LogP contribution in [0, 0.1) is 0 Å². The third kappa shape index (κ3) is 24.2. The summed E-state index contributed by atoms with van der Waals surface area (Å²) in [4.78, 5) is 12.6. The number of para-hydroxylation sites is 1. The fraction of sp³-hybridized carbons (Fsp3) is 0.578. The van der Waals surface area contributed by atoms with Gasteiger partial charge in [-0.3, -0.25) is 0 Å². The van der Waals surface area contributed by atoms with E-state index in [9.17, 15) is 18.0 Å². The number of carbonyl (C=O) groups excluding carboxylic acids is 1. The molecule has 0 saturated heterocycles. The SMILES string of the molecule is CCCCCCCCCc1ccc(OCCOCCOCCOCCOCCOCCOCCOCCOC(=O)c2ccccc2Nc2cccc(C(F)(F)F)c2)cc1. The number of ether oxygens (including phenoxy) is 9. The molecule has 3 aromatic carbocycles. The molecule has 0 saturated carbocycles. The Morgan fingerprint density at radius 2 is 1.03 bits per heavy atom. The van der Waals surface area contributed by atoms with Crippen LogP contribution in [0.15, 0.2) is 72.8 Å². The molecule has 3 aromatic rings. The molecule has 3 rings (SSSR count). The van der Waals surface area contributed by atoms with Gasteiger partial charge in [0.05, 0.1) is 109 Å². The summed E-state index contributed by atoms with van der Waals surface area (Å²) in [6.07, 6.45) is 5.92. The fourth-order valence-corrected chi connectivity index (χ4v) is 5.65.